The van der Waals surface area contributed by atoms with E-state index >= 15 is 0 Å². The fourth-order valence-corrected chi connectivity index (χ4v) is 3.78. The smallest absolute Gasteiger partial charge is 0.336 e. The molecule has 4 aromatic carbocycles. The number of anilines is 2. The van der Waals surface area contributed by atoms with Crippen molar-refractivity contribution in [2.45, 2.75) is 0 Å². The number of hydrogen-bond donors (Lipinski definition) is 4. The van der Waals surface area contributed by atoms with Crippen LogP contribution in [0.5, 0.6) is 0 Å². The van der Waals surface area contributed by atoms with Crippen molar-refractivity contribution in [3.8, 4) is 24.7 Å². The number of carbonyl (C=O) groups excluding carboxylic acids is 2. The standard InChI is InChI=1S/C30H18N2O6/c1-3-17-5-9-21(10-6-17)31-27(33)23-13-19-16-26(30(37)38)24(14-20(19)15-25(23)29(35)36)28(34)32-22-11-7-18(4-2)8-12-22/h1-2,5-16H,(H,31,33)(H,32,34)(H,35,36)(H,37,38). The highest BCUT2D eigenvalue weighted by atomic mass is 16.4. The lowest BCUT2D eigenvalue weighted by molar-refractivity contribution is 0.0683. The molecule has 0 aliphatic heterocycles. The lowest BCUT2D eigenvalue weighted by Gasteiger charge is -2.13. The molecule has 0 aliphatic rings. The summed E-state index contributed by atoms with van der Waals surface area (Å²) in [7, 11) is 0. The summed E-state index contributed by atoms with van der Waals surface area (Å²) in [6.45, 7) is 0. The first kappa shape index (κ1) is 25.2. The Balaban J connectivity index is 1.75. The SMILES string of the molecule is C#Cc1ccc(NC(=O)c2cc3cc(C(=O)O)c(C(=O)Nc4ccc(C#C)cc4)cc3cc2C(=O)O)cc1. The molecule has 4 rings (SSSR count). The minimum absolute atomic E-state index is 0.187. The lowest BCUT2D eigenvalue weighted by Crippen LogP contribution is -2.18. The number of carbonyl (C=O) groups is 4. The summed E-state index contributed by atoms with van der Waals surface area (Å²) in [5.74, 6) is 0.730. The van der Waals surface area contributed by atoms with Crippen molar-refractivity contribution in [1.82, 2.24) is 0 Å². The fraction of sp³-hybridized carbons (Fsp3) is 0. The van der Waals surface area contributed by atoms with E-state index in [9.17, 15) is 29.4 Å². The van der Waals surface area contributed by atoms with Crippen molar-refractivity contribution in [1.29, 1.82) is 0 Å². The molecule has 0 radical (unpaired) electrons. The zero-order valence-electron chi connectivity index (χ0n) is 19.6. The second-order valence-electron chi connectivity index (χ2n) is 8.10. The second kappa shape index (κ2) is 10.4. The van der Waals surface area contributed by atoms with Gasteiger partial charge in [-0.3, -0.25) is 9.59 Å². The lowest BCUT2D eigenvalue weighted by atomic mass is 9.95. The van der Waals surface area contributed by atoms with Gasteiger partial charge in [-0.25, -0.2) is 9.59 Å². The third-order valence-electron chi connectivity index (χ3n) is 5.68. The van der Waals surface area contributed by atoms with E-state index in [-0.39, 0.29) is 33.0 Å². The van der Waals surface area contributed by atoms with E-state index in [2.05, 4.69) is 22.5 Å². The summed E-state index contributed by atoms with van der Waals surface area (Å²) in [5.41, 5.74) is 0.958. The highest BCUT2D eigenvalue weighted by Gasteiger charge is 2.22. The van der Waals surface area contributed by atoms with Crippen LogP contribution in [-0.4, -0.2) is 34.0 Å². The molecule has 0 heterocycles. The van der Waals surface area contributed by atoms with Gasteiger partial charge in [-0.05, 0) is 83.6 Å². The molecule has 4 aromatic rings. The summed E-state index contributed by atoms with van der Waals surface area (Å²) in [6.07, 6.45) is 10.7. The van der Waals surface area contributed by atoms with Crippen molar-refractivity contribution in [2.24, 2.45) is 0 Å². The van der Waals surface area contributed by atoms with Crippen molar-refractivity contribution in [3.05, 3.63) is 106 Å². The van der Waals surface area contributed by atoms with Crippen LogP contribution in [0.25, 0.3) is 10.8 Å². The number of fused-ring (bicyclic) bond motifs is 1. The minimum atomic E-state index is -1.37. The molecule has 0 spiro atoms. The maximum Gasteiger partial charge on any atom is 0.336 e. The number of carboxylic acid groups (broad SMARTS) is 2. The Morgan fingerprint density at radius 1 is 0.553 bits per heavy atom. The predicted molar refractivity (Wildman–Crippen MR) is 143 cm³/mol. The van der Waals surface area contributed by atoms with Crippen molar-refractivity contribution in [3.63, 3.8) is 0 Å². The molecular formula is C30H18N2O6. The van der Waals surface area contributed by atoms with Gasteiger partial charge in [-0.15, -0.1) is 12.8 Å². The van der Waals surface area contributed by atoms with Gasteiger partial charge in [0.15, 0.2) is 0 Å². The van der Waals surface area contributed by atoms with Gasteiger partial charge in [0.05, 0.1) is 22.3 Å². The summed E-state index contributed by atoms with van der Waals surface area (Å²) in [4.78, 5) is 50.0. The Hall–Kier alpha value is -5.86. The zero-order chi connectivity index (χ0) is 27.4. The molecule has 0 aromatic heterocycles. The highest BCUT2D eigenvalue weighted by molar-refractivity contribution is 6.16. The maximum absolute atomic E-state index is 13.0. The molecule has 0 bridgehead atoms. The Morgan fingerprint density at radius 2 is 0.868 bits per heavy atom. The van der Waals surface area contributed by atoms with Gasteiger partial charge in [-0.2, -0.15) is 0 Å². The van der Waals surface area contributed by atoms with E-state index in [1.54, 1.807) is 48.5 Å². The number of nitrogens with one attached hydrogen (secondary N) is 2. The van der Waals surface area contributed by atoms with E-state index in [4.69, 9.17) is 12.8 Å². The van der Waals surface area contributed by atoms with E-state index in [0.717, 1.165) is 0 Å². The number of terminal acetylenes is 2. The number of amides is 2. The number of benzene rings is 4. The molecule has 2 amide bonds. The third-order valence-corrected chi connectivity index (χ3v) is 5.68. The Bertz CT molecular complexity index is 1580. The Labute approximate surface area is 216 Å². The quantitative estimate of drug-likeness (QED) is 0.283. The Morgan fingerprint density at radius 3 is 1.16 bits per heavy atom. The van der Waals surface area contributed by atoms with E-state index in [1.165, 1.54) is 24.3 Å². The van der Waals surface area contributed by atoms with Crippen LogP contribution in [0.3, 0.4) is 0 Å². The van der Waals surface area contributed by atoms with Crippen molar-refractivity contribution >= 4 is 45.9 Å². The van der Waals surface area contributed by atoms with Crippen LogP contribution in [-0.2, 0) is 0 Å². The summed E-state index contributed by atoms with van der Waals surface area (Å²) in [6, 6.07) is 17.7. The van der Waals surface area contributed by atoms with Crippen LogP contribution >= 0.6 is 0 Å². The third kappa shape index (κ3) is 5.20. The Kier molecular flexibility index (Phi) is 6.91. The minimum Gasteiger partial charge on any atom is -0.478 e. The highest BCUT2D eigenvalue weighted by Crippen LogP contribution is 2.26. The largest absolute Gasteiger partial charge is 0.478 e. The van der Waals surface area contributed by atoms with E-state index in [1.807, 2.05) is 0 Å². The van der Waals surface area contributed by atoms with Crippen LogP contribution in [0.2, 0.25) is 0 Å². The summed E-state index contributed by atoms with van der Waals surface area (Å²) >= 11 is 0. The molecule has 0 saturated carbocycles. The number of aromatic carboxylic acids is 2. The molecule has 0 unspecified atom stereocenters. The summed E-state index contributed by atoms with van der Waals surface area (Å²) in [5, 5.41) is 25.3. The van der Waals surface area contributed by atoms with Crippen molar-refractivity contribution < 1.29 is 29.4 Å². The predicted octanol–water partition coefficient (Wildman–Crippen LogP) is 4.70. The number of carboxylic acids is 2. The molecule has 8 nitrogen and oxygen atoms in total. The molecule has 0 atom stereocenters. The molecule has 8 heteroatoms. The van der Waals surface area contributed by atoms with Gasteiger partial charge < -0.3 is 20.8 Å². The fourth-order valence-electron chi connectivity index (χ4n) is 3.78. The zero-order valence-corrected chi connectivity index (χ0v) is 19.6. The number of rotatable bonds is 6. The molecule has 0 fully saturated rings. The van der Waals surface area contributed by atoms with Gasteiger partial charge in [0, 0.05) is 22.5 Å². The van der Waals surface area contributed by atoms with Crippen LogP contribution in [0.1, 0.15) is 52.6 Å². The van der Waals surface area contributed by atoms with E-state index < -0.39 is 23.8 Å². The maximum atomic E-state index is 13.0. The van der Waals surface area contributed by atoms with Crippen molar-refractivity contribution in [2.75, 3.05) is 10.6 Å². The van der Waals surface area contributed by atoms with Gasteiger partial charge in [0.25, 0.3) is 11.8 Å². The number of hydrogen-bond acceptors (Lipinski definition) is 4. The average Bonchev–Trinajstić information content (AvgIpc) is 2.92. The normalized spacial score (nSPS) is 10.2. The van der Waals surface area contributed by atoms with Crippen LogP contribution in [0.15, 0.2) is 72.8 Å². The molecule has 4 N–H and O–H groups in total. The molecule has 0 aliphatic carbocycles. The average molecular weight is 502 g/mol. The van der Waals surface area contributed by atoms with Crippen LogP contribution in [0.4, 0.5) is 11.4 Å². The summed E-state index contributed by atoms with van der Waals surface area (Å²) < 4.78 is 0. The van der Waals surface area contributed by atoms with Gasteiger partial charge >= 0.3 is 11.9 Å². The first-order chi connectivity index (χ1) is 18.2. The van der Waals surface area contributed by atoms with Crippen LogP contribution < -0.4 is 10.6 Å². The second-order valence-corrected chi connectivity index (χ2v) is 8.10. The molecule has 0 saturated heterocycles. The molecular weight excluding hydrogens is 484 g/mol. The van der Waals surface area contributed by atoms with E-state index in [0.29, 0.717) is 22.5 Å². The van der Waals surface area contributed by atoms with Gasteiger partial charge in [0.1, 0.15) is 0 Å². The van der Waals surface area contributed by atoms with Gasteiger partial charge in [0.2, 0.25) is 0 Å². The monoisotopic (exact) mass is 502 g/mol. The molecule has 38 heavy (non-hydrogen) atoms. The first-order valence-electron chi connectivity index (χ1n) is 11.0. The van der Waals surface area contributed by atoms with Crippen LogP contribution in [0, 0.1) is 24.7 Å². The van der Waals surface area contributed by atoms with Gasteiger partial charge in [-0.1, -0.05) is 11.8 Å². The first-order valence-corrected chi connectivity index (χ1v) is 11.0. The molecule has 184 valence electrons. The topological polar surface area (TPSA) is 133 Å².